The lowest BCUT2D eigenvalue weighted by Gasteiger charge is -2.17. The highest BCUT2D eigenvalue weighted by Gasteiger charge is 2.31. The molecule has 0 aliphatic carbocycles. The zero-order valence-electron chi connectivity index (χ0n) is 16.8. The lowest BCUT2D eigenvalue weighted by Crippen LogP contribution is -2.31. The quantitative estimate of drug-likeness (QED) is 0.587. The van der Waals surface area contributed by atoms with Gasteiger partial charge in [-0.1, -0.05) is 12.1 Å². The normalized spacial score (nSPS) is 13.9. The van der Waals surface area contributed by atoms with Gasteiger partial charge in [-0.25, -0.2) is 9.18 Å². The number of amides is 3. The molecule has 4 rings (SSSR count). The van der Waals surface area contributed by atoms with Gasteiger partial charge in [-0.2, -0.15) is 0 Å². The third-order valence-electron chi connectivity index (χ3n) is 4.98. The molecule has 3 heterocycles. The Morgan fingerprint density at radius 1 is 1.10 bits per heavy atom. The summed E-state index contributed by atoms with van der Waals surface area (Å²) in [6.07, 6.45) is 0. The van der Waals surface area contributed by atoms with Crippen molar-refractivity contribution < 1.29 is 14.0 Å². The zero-order valence-corrected chi connectivity index (χ0v) is 18.4. The number of thiophene rings is 2. The van der Waals surface area contributed by atoms with Gasteiger partial charge in [0.1, 0.15) is 10.8 Å². The Bertz CT molecular complexity index is 1070. The fraction of sp³-hybridized carbons (Fsp3) is 0.273. The number of nitrogens with one attached hydrogen (secondary N) is 1. The van der Waals surface area contributed by atoms with Crippen molar-refractivity contribution in [1.82, 2.24) is 10.2 Å². The van der Waals surface area contributed by atoms with Crippen molar-refractivity contribution in [2.45, 2.75) is 26.9 Å². The van der Waals surface area contributed by atoms with E-state index in [4.69, 9.17) is 0 Å². The number of urea groups is 1. The Kier molecular flexibility index (Phi) is 5.87. The van der Waals surface area contributed by atoms with Gasteiger partial charge in [0.25, 0.3) is 5.91 Å². The number of nitrogens with zero attached hydrogens (tertiary/aromatic N) is 2. The second-order valence-corrected chi connectivity index (χ2v) is 9.68. The summed E-state index contributed by atoms with van der Waals surface area (Å²) >= 11 is 3.01. The maximum absolute atomic E-state index is 13.1. The standard InChI is InChI=1S/C22H22FN3O2S2/c1-14-11-19(30-20(14)21(27)24-12-18-8-3-15(2)29-18)26-10-9-25(22(26)28)13-16-4-6-17(23)7-5-16/h3-8,11H,9-10,12-13H2,1-2H3,(H,24,27). The Morgan fingerprint density at radius 2 is 1.87 bits per heavy atom. The van der Waals surface area contributed by atoms with Crippen LogP contribution in [0.5, 0.6) is 0 Å². The number of rotatable bonds is 6. The van der Waals surface area contributed by atoms with Crippen LogP contribution in [0.1, 0.15) is 30.6 Å². The van der Waals surface area contributed by atoms with Crippen LogP contribution in [0.15, 0.2) is 42.5 Å². The summed E-state index contributed by atoms with van der Waals surface area (Å²) in [5.41, 5.74) is 1.75. The third-order valence-corrected chi connectivity index (χ3v) is 7.24. The van der Waals surface area contributed by atoms with E-state index >= 15 is 0 Å². The maximum atomic E-state index is 13.1. The first-order valence-corrected chi connectivity index (χ1v) is 11.3. The first kappa shape index (κ1) is 20.6. The van der Waals surface area contributed by atoms with Gasteiger partial charge >= 0.3 is 6.03 Å². The summed E-state index contributed by atoms with van der Waals surface area (Å²) in [6, 6.07) is 12.0. The predicted octanol–water partition coefficient (Wildman–Crippen LogP) is 4.94. The number of anilines is 1. The Morgan fingerprint density at radius 3 is 2.57 bits per heavy atom. The molecule has 0 atom stereocenters. The van der Waals surface area contributed by atoms with Crippen molar-refractivity contribution in [1.29, 1.82) is 0 Å². The number of halogens is 1. The van der Waals surface area contributed by atoms with E-state index in [0.717, 1.165) is 21.0 Å². The van der Waals surface area contributed by atoms with Gasteiger partial charge in [0.15, 0.2) is 0 Å². The molecule has 2 aromatic heterocycles. The highest BCUT2D eigenvalue weighted by Crippen LogP contribution is 2.32. The molecular weight excluding hydrogens is 421 g/mol. The molecule has 3 amide bonds. The topological polar surface area (TPSA) is 52.7 Å². The van der Waals surface area contributed by atoms with E-state index in [1.807, 2.05) is 32.0 Å². The molecule has 0 bridgehead atoms. The summed E-state index contributed by atoms with van der Waals surface area (Å²) in [6.45, 7) is 6.02. The molecule has 1 aliphatic rings. The molecule has 1 N–H and O–H groups in total. The second kappa shape index (κ2) is 8.57. The summed E-state index contributed by atoms with van der Waals surface area (Å²) in [7, 11) is 0. The van der Waals surface area contributed by atoms with Crippen LogP contribution in [0, 0.1) is 19.7 Å². The van der Waals surface area contributed by atoms with Crippen molar-refractivity contribution in [2.24, 2.45) is 0 Å². The van der Waals surface area contributed by atoms with E-state index in [1.165, 1.54) is 28.3 Å². The fourth-order valence-electron chi connectivity index (χ4n) is 3.40. The van der Waals surface area contributed by atoms with Crippen LogP contribution in [0.25, 0.3) is 0 Å². The van der Waals surface area contributed by atoms with Gasteiger partial charge in [0.05, 0.1) is 11.4 Å². The van der Waals surface area contributed by atoms with E-state index in [0.29, 0.717) is 31.1 Å². The minimum Gasteiger partial charge on any atom is -0.346 e. The highest BCUT2D eigenvalue weighted by molar-refractivity contribution is 7.18. The van der Waals surface area contributed by atoms with Crippen molar-refractivity contribution in [2.75, 3.05) is 18.0 Å². The largest absolute Gasteiger partial charge is 0.346 e. The lowest BCUT2D eigenvalue weighted by molar-refractivity contribution is 0.0955. The predicted molar refractivity (Wildman–Crippen MR) is 119 cm³/mol. The summed E-state index contributed by atoms with van der Waals surface area (Å²) in [5.74, 6) is -0.410. The summed E-state index contributed by atoms with van der Waals surface area (Å²) in [4.78, 5) is 31.9. The molecule has 8 heteroatoms. The monoisotopic (exact) mass is 443 g/mol. The van der Waals surface area contributed by atoms with E-state index in [2.05, 4.69) is 5.32 Å². The molecule has 5 nitrogen and oxygen atoms in total. The molecule has 1 saturated heterocycles. The summed E-state index contributed by atoms with van der Waals surface area (Å²) < 4.78 is 13.1. The average Bonchev–Trinajstić information content (AvgIpc) is 3.41. The van der Waals surface area contributed by atoms with E-state index in [-0.39, 0.29) is 17.8 Å². The van der Waals surface area contributed by atoms with Gasteiger partial charge in [-0.15, -0.1) is 22.7 Å². The van der Waals surface area contributed by atoms with Gasteiger partial charge < -0.3 is 10.2 Å². The number of aryl methyl sites for hydroxylation is 2. The molecule has 1 aromatic carbocycles. The molecule has 3 aromatic rings. The van der Waals surface area contributed by atoms with Crippen LogP contribution in [0.2, 0.25) is 0 Å². The molecule has 1 fully saturated rings. The van der Waals surface area contributed by atoms with Crippen LogP contribution >= 0.6 is 22.7 Å². The first-order chi connectivity index (χ1) is 14.4. The average molecular weight is 444 g/mol. The number of benzene rings is 1. The van der Waals surface area contributed by atoms with Crippen LogP contribution in [0.4, 0.5) is 14.2 Å². The van der Waals surface area contributed by atoms with E-state index < -0.39 is 0 Å². The van der Waals surface area contributed by atoms with Crippen LogP contribution in [0.3, 0.4) is 0 Å². The van der Waals surface area contributed by atoms with Crippen LogP contribution < -0.4 is 10.2 Å². The maximum Gasteiger partial charge on any atom is 0.325 e. The molecule has 1 aliphatic heterocycles. The Labute approximate surface area is 182 Å². The number of carbonyl (C=O) groups excluding carboxylic acids is 2. The zero-order chi connectivity index (χ0) is 21.3. The minimum atomic E-state index is -0.290. The van der Waals surface area contributed by atoms with Crippen molar-refractivity contribution in [3.8, 4) is 0 Å². The van der Waals surface area contributed by atoms with Gasteiger partial charge in [-0.3, -0.25) is 9.69 Å². The molecule has 0 saturated carbocycles. The number of hydrogen-bond donors (Lipinski definition) is 1. The van der Waals surface area contributed by atoms with Crippen molar-refractivity contribution in [3.63, 3.8) is 0 Å². The highest BCUT2D eigenvalue weighted by atomic mass is 32.1. The molecule has 0 unspecified atom stereocenters. The van der Waals surface area contributed by atoms with Gasteiger partial charge in [-0.05, 0) is 55.3 Å². The van der Waals surface area contributed by atoms with E-state index in [1.54, 1.807) is 33.3 Å². The van der Waals surface area contributed by atoms with Crippen LogP contribution in [-0.4, -0.2) is 29.9 Å². The Hall–Kier alpha value is -2.71. The van der Waals surface area contributed by atoms with Crippen molar-refractivity contribution in [3.05, 3.63) is 74.0 Å². The van der Waals surface area contributed by atoms with Crippen molar-refractivity contribution >= 4 is 39.6 Å². The first-order valence-electron chi connectivity index (χ1n) is 9.65. The molecule has 30 heavy (non-hydrogen) atoms. The van der Waals surface area contributed by atoms with E-state index in [9.17, 15) is 14.0 Å². The summed E-state index contributed by atoms with van der Waals surface area (Å²) in [5, 5.41) is 3.74. The number of hydrogen-bond acceptors (Lipinski definition) is 4. The van der Waals surface area contributed by atoms with Crippen LogP contribution in [-0.2, 0) is 13.1 Å². The van der Waals surface area contributed by atoms with Gasteiger partial charge in [0.2, 0.25) is 0 Å². The molecule has 0 spiro atoms. The lowest BCUT2D eigenvalue weighted by atomic mass is 10.2. The smallest absolute Gasteiger partial charge is 0.325 e. The fourth-order valence-corrected chi connectivity index (χ4v) is 5.33. The second-order valence-electron chi connectivity index (χ2n) is 7.27. The number of carbonyl (C=O) groups is 2. The SMILES string of the molecule is Cc1ccc(CNC(=O)c2sc(N3CCN(Cc4ccc(F)cc4)C3=O)cc2C)s1. The molecule has 0 radical (unpaired) electrons. The molecular formula is C22H22FN3O2S2. The third kappa shape index (κ3) is 4.39. The van der Waals surface area contributed by atoms with Gasteiger partial charge in [0, 0.05) is 29.4 Å². The minimum absolute atomic E-state index is 0.0957. The molecule has 156 valence electrons. The Balaban J connectivity index is 1.41.